The van der Waals surface area contributed by atoms with Gasteiger partial charge in [0, 0.05) is 0 Å². The summed E-state index contributed by atoms with van der Waals surface area (Å²) in [5.41, 5.74) is 0.713. The van der Waals surface area contributed by atoms with E-state index in [-0.39, 0.29) is 0 Å². The van der Waals surface area contributed by atoms with E-state index in [0.717, 1.165) is 0 Å². The van der Waals surface area contributed by atoms with Crippen LogP contribution in [0.5, 0.6) is 5.75 Å². The van der Waals surface area contributed by atoms with Gasteiger partial charge in [0.15, 0.2) is 0 Å². The topological polar surface area (TPSA) is 33.1 Å². The van der Waals surface area contributed by atoms with E-state index in [1.807, 2.05) is 0 Å². The van der Waals surface area contributed by atoms with Gasteiger partial charge >= 0.3 is 0 Å². The van der Waals surface area contributed by atoms with E-state index in [0.29, 0.717) is 11.4 Å². The van der Waals surface area contributed by atoms with Gasteiger partial charge in [-0.25, -0.2) is 0 Å². The Balaban J connectivity index is 3.12. The summed E-state index contributed by atoms with van der Waals surface area (Å²) in [6.45, 7) is 1.77. The molecule has 0 unspecified atom stereocenters. The molecule has 0 aliphatic heterocycles. The minimum atomic E-state index is 0.296. The third kappa shape index (κ3) is 0.718. The third-order valence-electron chi connectivity index (χ3n) is 0.725. The molecular formula is C4H5NOS. The minimum absolute atomic E-state index is 0.296. The summed E-state index contributed by atoms with van der Waals surface area (Å²) in [6.07, 6.45) is 0. The van der Waals surface area contributed by atoms with E-state index in [2.05, 4.69) is 4.37 Å². The van der Waals surface area contributed by atoms with E-state index < -0.39 is 0 Å². The molecule has 0 aliphatic carbocycles. The lowest BCUT2D eigenvalue weighted by Crippen LogP contribution is -1.63. The Labute approximate surface area is 45.6 Å². The molecule has 1 aromatic rings. The van der Waals surface area contributed by atoms with E-state index in [1.54, 1.807) is 12.3 Å². The number of nitrogens with zero attached hydrogens (tertiary/aromatic N) is 1. The van der Waals surface area contributed by atoms with Crippen LogP contribution in [0, 0.1) is 6.92 Å². The van der Waals surface area contributed by atoms with Crippen molar-refractivity contribution in [1.82, 2.24) is 4.37 Å². The molecule has 1 aromatic heterocycles. The van der Waals surface area contributed by atoms with Gasteiger partial charge in [0.1, 0.15) is 5.75 Å². The fraction of sp³-hybridized carbons (Fsp3) is 0.250. The molecule has 38 valence electrons. The Morgan fingerprint density at radius 1 is 1.86 bits per heavy atom. The van der Waals surface area contributed by atoms with Crippen molar-refractivity contribution in [1.29, 1.82) is 0 Å². The highest BCUT2D eigenvalue weighted by Crippen LogP contribution is 2.14. The van der Waals surface area contributed by atoms with Crippen LogP contribution >= 0.6 is 11.5 Å². The highest BCUT2D eigenvalue weighted by molar-refractivity contribution is 7.03. The van der Waals surface area contributed by atoms with Gasteiger partial charge in [-0.1, -0.05) is 0 Å². The molecule has 0 amide bonds. The fourth-order valence-electron chi connectivity index (χ4n) is 0.287. The van der Waals surface area contributed by atoms with Crippen LogP contribution in [-0.2, 0) is 0 Å². The molecule has 0 spiro atoms. The number of aromatic hydroxyl groups is 1. The molecule has 1 rings (SSSR count). The molecule has 0 aromatic carbocycles. The van der Waals surface area contributed by atoms with Gasteiger partial charge < -0.3 is 5.11 Å². The zero-order chi connectivity index (χ0) is 5.28. The first-order valence-electron chi connectivity index (χ1n) is 1.90. The summed E-state index contributed by atoms with van der Waals surface area (Å²) in [7, 11) is 0. The second kappa shape index (κ2) is 1.50. The van der Waals surface area contributed by atoms with Crippen molar-refractivity contribution in [3.05, 3.63) is 11.1 Å². The van der Waals surface area contributed by atoms with Crippen LogP contribution in [0.15, 0.2) is 5.38 Å². The lowest BCUT2D eigenvalue weighted by molar-refractivity contribution is 0.472. The zero-order valence-electron chi connectivity index (χ0n) is 3.88. The van der Waals surface area contributed by atoms with Crippen molar-refractivity contribution < 1.29 is 5.11 Å². The predicted octanol–water partition coefficient (Wildman–Crippen LogP) is 1.16. The first-order valence-corrected chi connectivity index (χ1v) is 2.74. The van der Waals surface area contributed by atoms with Crippen molar-refractivity contribution in [2.24, 2.45) is 0 Å². The van der Waals surface area contributed by atoms with Crippen molar-refractivity contribution in [3.8, 4) is 5.75 Å². The van der Waals surface area contributed by atoms with E-state index in [4.69, 9.17) is 5.11 Å². The summed E-state index contributed by atoms with van der Waals surface area (Å²) in [6, 6.07) is 0. The molecule has 0 saturated carbocycles. The highest BCUT2D eigenvalue weighted by Gasteiger charge is 1.92. The summed E-state index contributed by atoms with van der Waals surface area (Å²) in [4.78, 5) is 0. The van der Waals surface area contributed by atoms with E-state index in [1.165, 1.54) is 11.5 Å². The smallest absolute Gasteiger partial charge is 0.149 e. The zero-order valence-corrected chi connectivity index (χ0v) is 4.70. The van der Waals surface area contributed by atoms with Crippen LogP contribution in [0.2, 0.25) is 0 Å². The quantitative estimate of drug-likeness (QED) is 0.550. The number of rotatable bonds is 0. The van der Waals surface area contributed by atoms with E-state index in [9.17, 15) is 0 Å². The van der Waals surface area contributed by atoms with Crippen molar-refractivity contribution in [2.75, 3.05) is 0 Å². The molecule has 0 fully saturated rings. The van der Waals surface area contributed by atoms with Gasteiger partial charge in [-0.3, -0.25) is 0 Å². The average molecular weight is 115 g/mol. The number of aromatic nitrogens is 1. The lowest BCUT2D eigenvalue weighted by atomic mass is 10.5. The second-order valence-corrected chi connectivity index (χ2v) is 1.91. The number of hydrogen-bond acceptors (Lipinski definition) is 3. The maximum Gasteiger partial charge on any atom is 0.149 e. The molecule has 0 radical (unpaired) electrons. The first-order chi connectivity index (χ1) is 3.30. The Morgan fingerprint density at radius 2 is 2.57 bits per heavy atom. The maximum absolute atomic E-state index is 8.71. The molecule has 1 heterocycles. The van der Waals surface area contributed by atoms with Crippen molar-refractivity contribution in [3.63, 3.8) is 0 Å². The van der Waals surface area contributed by atoms with Crippen LogP contribution in [-0.4, -0.2) is 9.48 Å². The van der Waals surface area contributed by atoms with Crippen LogP contribution in [0.4, 0.5) is 0 Å². The van der Waals surface area contributed by atoms with Crippen LogP contribution in [0.1, 0.15) is 5.69 Å². The summed E-state index contributed by atoms with van der Waals surface area (Å²) in [5.74, 6) is 0.296. The molecule has 2 nitrogen and oxygen atoms in total. The predicted molar refractivity (Wildman–Crippen MR) is 28.5 cm³/mol. The number of aryl methyl sites for hydroxylation is 1. The second-order valence-electron chi connectivity index (χ2n) is 1.29. The molecule has 0 atom stereocenters. The van der Waals surface area contributed by atoms with Crippen LogP contribution in [0.25, 0.3) is 0 Å². The average Bonchev–Trinajstić information content (AvgIpc) is 1.91. The molecule has 3 heteroatoms. The Morgan fingerprint density at radius 3 is 2.71 bits per heavy atom. The lowest BCUT2D eigenvalue weighted by Gasteiger charge is -1.77. The summed E-state index contributed by atoms with van der Waals surface area (Å²) in [5, 5.41) is 10.3. The summed E-state index contributed by atoms with van der Waals surface area (Å²) >= 11 is 1.27. The van der Waals surface area contributed by atoms with Gasteiger partial charge in [-0.05, 0) is 18.5 Å². The molecule has 7 heavy (non-hydrogen) atoms. The molecule has 0 saturated heterocycles. The van der Waals surface area contributed by atoms with Crippen LogP contribution in [0.3, 0.4) is 0 Å². The Hall–Kier alpha value is -0.570. The van der Waals surface area contributed by atoms with Gasteiger partial charge in [0.2, 0.25) is 0 Å². The van der Waals surface area contributed by atoms with Crippen molar-refractivity contribution >= 4 is 11.5 Å². The molecule has 1 N–H and O–H groups in total. The highest BCUT2D eigenvalue weighted by atomic mass is 32.1. The Kier molecular flexibility index (Phi) is 0.982. The first kappa shape index (κ1) is 4.59. The van der Waals surface area contributed by atoms with Gasteiger partial charge in [0.25, 0.3) is 0 Å². The molecular weight excluding hydrogens is 110 g/mol. The van der Waals surface area contributed by atoms with Crippen LogP contribution < -0.4 is 0 Å². The van der Waals surface area contributed by atoms with Gasteiger partial charge in [-0.2, -0.15) is 4.37 Å². The summed E-state index contributed by atoms with van der Waals surface area (Å²) < 4.78 is 3.81. The third-order valence-corrected chi connectivity index (χ3v) is 1.43. The van der Waals surface area contributed by atoms with Gasteiger partial charge in [0.05, 0.1) is 11.1 Å². The van der Waals surface area contributed by atoms with Crippen molar-refractivity contribution in [2.45, 2.75) is 6.92 Å². The fourth-order valence-corrected chi connectivity index (χ4v) is 0.862. The van der Waals surface area contributed by atoms with E-state index >= 15 is 0 Å². The largest absolute Gasteiger partial charge is 0.505 e. The Bertz CT molecular complexity index is 144. The SMILES string of the molecule is Cc1nscc1O. The minimum Gasteiger partial charge on any atom is -0.505 e. The monoisotopic (exact) mass is 115 g/mol. The molecule has 0 aliphatic rings. The number of hydrogen-bond donors (Lipinski definition) is 1. The van der Waals surface area contributed by atoms with Gasteiger partial charge in [-0.15, -0.1) is 0 Å². The standard InChI is InChI=1S/C4H5NOS/c1-3-4(6)2-7-5-3/h2,6H,1H3. The normalized spacial score (nSPS) is 9.29. The molecule has 0 bridgehead atoms. The maximum atomic E-state index is 8.71.